The molecule has 0 spiro atoms. The summed E-state index contributed by atoms with van der Waals surface area (Å²) in [5.74, 6) is 0. The molecule has 4 atom stereocenters. The van der Waals surface area contributed by atoms with Crippen LogP contribution in [-0.4, -0.2) is 34.6 Å². The third kappa shape index (κ3) is 7.75. The van der Waals surface area contributed by atoms with Crippen LogP contribution in [0.5, 0.6) is 0 Å². The van der Waals surface area contributed by atoms with Crippen LogP contribution in [-0.2, 0) is 4.74 Å². The van der Waals surface area contributed by atoms with Crippen LogP contribution in [0.1, 0.15) is 84.0 Å². The summed E-state index contributed by atoms with van der Waals surface area (Å²) in [6.07, 6.45) is 13.7. The molecule has 0 aromatic heterocycles. The number of hydrogen-bond acceptors (Lipinski definition) is 3. The lowest BCUT2D eigenvalue weighted by Gasteiger charge is -2.19. The molecule has 22 heavy (non-hydrogen) atoms. The normalized spacial score (nSPS) is 26.2. The first kappa shape index (κ1) is 19.7. The van der Waals surface area contributed by atoms with Gasteiger partial charge in [0.05, 0.1) is 24.4 Å². The minimum absolute atomic E-state index is 0.0647. The maximum atomic E-state index is 10.2. The highest BCUT2D eigenvalue weighted by Gasteiger charge is 2.36. The molecular weight excluding hydrogens is 276 g/mol. The van der Waals surface area contributed by atoms with E-state index >= 15 is 0 Å². The van der Waals surface area contributed by atoms with E-state index in [2.05, 4.69) is 13.5 Å². The molecule has 130 valence electrons. The van der Waals surface area contributed by atoms with E-state index in [4.69, 9.17) is 4.74 Å². The third-order valence-corrected chi connectivity index (χ3v) is 4.68. The Labute approximate surface area is 136 Å². The van der Waals surface area contributed by atoms with Crippen LogP contribution in [0.15, 0.2) is 12.7 Å². The van der Waals surface area contributed by atoms with Crippen molar-refractivity contribution in [3.63, 3.8) is 0 Å². The van der Waals surface area contributed by atoms with E-state index in [0.29, 0.717) is 6.42 Å². The van der Waals surface area contributed by atoms with Gasteiger partial charge in [-0.25, -0.2) is 0 Å². The zero-order valence-electron chi connectivity index (χ0n) is 14.4. The van der Waals surface area contributed by atoms with Gasteiger partial charge >= 0.3 is 0 Å². The van der Waals surface area contributed by atoms with E-state index in [1.165, 1.54) is 38.5 Å². The molecule has 1 rings (SSSR count). The predicted octanol–water partition coefficient (Wildman–Crippen LogP) is 4.36. The summed E-state index contributed by atoms with van der Waals surface area (Å²) in [4.78, 5) is 0. The van der Waals surface area contributed by atoms with Crippen molar-refractivity contribution in [2.45, 2.75) is 108 Å². The van der Waals surface area contributed by atoms with Crippen molar-refractivity contribution in [2.24, 2.45) is 0 Å². The van der Waals surface area contributed by atoms with Gasteiger partial charge in [-0.3, -0.25) is 0 Å². The van der Waals surface area contributed by atoms with E-state index in [1.54, 1.807) is 0 Å². The average molecular weight is 312 g/mol. The Hall–Kier alpha value is -0.380. The van der Waals surface area contributed by atoms with E-state index in [-0.39, 0.29) is 12.2 Å². The third-order valence-electron chi connectivity index (χ3n) is 4.68. The van der Waals surface area contributed by atoms with E-state index < -0.39 is 12.2 Å². The fraction of sp³-hybridized carbons (Fsp3) is 0.895. The maximum Gasteiger partial charge on any atom is 0.0864 e. The second-order valence-electron chi connectivity index (χ2n) is 6.71. The molecule has 0 bridgehead atoms. The quantitative estimate of drug-likeness (QED) is 0.392. The molecule has 0 amide bonds. The molecule has 1 aliphatic rings. The van der Waals surface area contributed by atoms with Crippen molar-refractivity contribution in [3.8, 4) is 0 Å². The van der Waals surface area contributed by atoms with Gasteiger partial charge in [-0.1, -0.05) is 57.9 Å². The molecular formula is C19H36O3. The summed E-state index contributed by atoms with van der Waals surface area (Å²) >= 11 is 0. The second kappa shape index (κ2) is 12.1. The number of rotatable bonds is 13. The van der Waals surface area contributed by atoms with Crippen LogP contribution in [0.25, 0.3) is 0 Å². The van der Waals surface area contributed by atoms with Gasteiger partial charge in [0.15, 0.2) is 0 Å². The molecule has 3 nitrogen and oxygen atoms in total. The summed E-state index contributed by atoms with van der Waals surface area (Å²) < 4.78 is 5.88. The van der Waals surface area contributed by atoms with Gasteiger partial charge in [0, 0.05) is 6.42 Å². The average Bonchev–Trinajstić information content (AvgIpc) is 2.88. The maximum absolute atomic E-state index is 10.2. The van der Waals surface area contributed by atoms with Gasteiger partial charge in [-0.05, 0) is 25.7 Å². The number of aliphatic hydroxyl groups is 2. The van der Waals surface area contributed by atoms with Crippen LogP contribution >= 0.6 is 0 Å². The van der Waals surface area contributed by atoms with Crippen molar-refractivity contribution in [2.75, 3.05) is 0 Å². The van der Waals surface area contributed by atoms with Crippen LogP contribution in [0.4, 0.5) is 0 Å². The first-order chi connectivity index (χ1) is 10.7. The van der Waals surface area contributed by atoms with Crippen molar-refractivity contribution in [3.05, 3.63) is 12.7 Å². The number of aliphatic hydroxyl groups excluding tert-OH is 2. The lowest BCUT2D eigenvalue weighted by molar-refractivity contribution is -0.0498. The zero-order valence-corrected chi connectivity index (χ0v) is 14.4. The number of allylic oxidation sites excluding steroid dienone is 1. The number of unbranched alkanes of at least 4 members (excludes halogenated alkanes) is 7. The summed E-state index contributed by atoms with van der Waals surface area (Å²) in [6.45, 7) is 5.91. The summed E-state index contributed by atoms with van der Waals surface area (Å²) in [7, 11) is 0. The molecule has 0 saturated carbocycles. The largest absolute Gasteiger partial charge is 0.390 e. The summed E-state index contributed by atoms with van der Waals surface area (Å²) in [6, 6.07) is 0. The van der Waals surface area contributed by atoms with Gasteiger partial charge in [0.1, 0.15) is 0 Å². The molecule has 0 aromatic rings. The van der Waals surface area contributed by atoms with Crippen LogP contribution in [0.2, 0.25) is 0 Å². The molecule has 0 radical (unpaired) electrons. The highest BCUT2D eigenvalue weighted by Crippen LogP contribution is 2.28. The Morgan fingerprint density at radius 2 is 1.86 bits per heavy atom. The Bertz CT molecular complexity index is 280. The van der Waals surface area contributed by atoms with Gasteiger partial charge in [0.25, 0.3) is 0 Å². The smallest absolute Gasteiger partial charge is 0.0864 e. The zero-order chi connectivity index (χ0) is 16.2. The van der Waals surface area contributed by atoms with Gasteiger partial charge < -0.3 is 14.9 Å². The lowest BCUT2D eigenvalue weighted by Crippen LogP contribution is -2.26. The van der Waals surface area contributed by atoms with E-state index in [1.807, 2.05) is 6.08 Å². The molecule has 1 fully saturated rings. The van der Waals surface area contributed by atoms with Crippen molar-refractivity contribution < 1.29 is 14.9 Å². The highest BCUT2D eigenvalue weighted by molar-refractivity contribution is 4.85. The SMILES string of the molecule is C=CCCCCCCC[C@@H](O)C1C[C@H](O)[C@H](CCCCC)O1. The number of hydrogen-bond donors (Lipinski definition) is 2. The molecule has 1 aliphatic heterocycles. The van der Waals surface area contributed by atoms with Crippen molar-refractivity contribution in [1.82, 2.24) is 0 Å². The van der Waals surface area contributed by atoms with E-state index in [9.17, 15) is 10.2 Å². The molecule has 0 aliphatic carbocycles. The first-order valence-corrected chi connectivity index (χ1v) is 9.31. The Morgan fingerprint density at radius 1 is 1.14 bits per heavy atom. The molecule has 1 saturated heterocycles. The van der Waals surface area contributed by atoms with Crippen LogP contribution < -0.4 is 0 Å². The van der Waals surface area contributed by atoms with Crippen molar-refractivity contribution in [1.29, 1.82) is 0 Å². The Balaban J connectivity index is 2.10. The van der Waals surface area contributed by atoms with Gasteiger partial charge in [0.2, 0.25) is 0 Å². The highest BCUT2D eigenvalue weighted by atomic mass is 16.5. The summed E-state index contributed by atoms with van der Waals surface area (Å²) in [5, 5.41) is 20.3. The fourth-order valence-electron chi connectivity index (χ4n) is 3.22. The predicted molar refractivity (Wildman–Crippen MR) is 91.9 cm³/mol. The fourth-order valence-corrected chi connectivity index (χ4v) is 3.22. The van der Waals surface area contributed by atoms with Crippen LogP contribution in [0.3, 0.4) is 0 Å². The Kier molecular flexibility index (Phi) is 10.8. The lowest BCUT2D eigenvalue weighted by atomic mass is 10.0. The van der Waals surface area contributed by atoms with Crippen molar-refractivity contribution >= 4 is 0 Å². The van der Waals surface area contributed by atoms with E-state index in [0.717, 1.165) is 32.1 Å². The molecule has 1 unspecified atom stereocenters. The Morgan fingerprint density at radius 3 is 2.59 bits per heavy atom. The summed E-state index contributed by atoms with van der Waals surface area (Å²) in [5.41, 5.74) is 0. The molecule has 2 N–H and O–H groups in total. The molecule has 3 heteroatoms. The minimum Gasteiger partial charge on any atom is -0.390 e. The topological polar surface area (TPSA) is 49.7 Å². The first-order valence-electron chi connectivity index (χ1n) is 9.31. The minimum atomic E-state index is -0.418. The standard InChI is InChI=1S/C19H36O3/c1-3-5-7-8-9-10-12-13-16(20)19-15-17(21)18(22-19)14-11-6-4-2/h3,16-21H,1,4-15H2,2H3/t16-,17+,18+,19?/m1/s1. The monoisotopic (exact) mass is 312 g/mol. The molecule has 1 heterocycles. The van der Waals surface area contributed by atoms with Gasteiger partial charge in [-0.2, -0.15) is 0 Å². The van der Waals surface area contributed by atoms with Crippen LogP contribution in [0, 0.1) is 0 Å². The number of ether oxygens (including phenoxy) is 1. The second-order valence-corrected chi connectivity index (χ2v) is 6.71. The molecule has 0 aromatic carbocycles. The van der Waals surface area contributed by atoms with Gasteiger partial charge in [-0.15, -0.1) is 6.58 Å².